The molecule has 168 valence electrons. The Morgan fingerprint density at radius 1 is 1.12 bits per heavy atom. The van der Waals surface area contributed by atoms with Crippen molar-refractivity contribution in [3.63, 3.8) is 0 Å². The zero-order valence-electron chi connectivity index (χ0n) is 18.9. The molecule has 1 aliphatic heterocycles. The van der Waals surface area contributed by atoms with Gasteiger partial charge in [-0.05, 0) is 58.0 Å². The van der Waals surface area contributed by atoms with Crippen molar-refractivity contribution in [2.75, 3.05) is 13.1 Å². The number of rotatable bonds is 5. The van der Waals surface area contributed by atoms with Crippen LogP contribution >= 0.6 is 11.3 Å². The van der Waals surface area contributed by atoms with E-state index in [1.54, 1.807) is 4.68 Å². The molecule has 2 amide bonds. The van der Waals surface area contributed by atoms with Crippen LogP contribution in [0.4, 0.5) is 0 Å². The van der Waals surface area contributed by atoms with Gasteiger partial charge in [0.1, 0.15) is 0 Å². The third-order valence-electron chi connectivity index (χ3n) is 5.90. The Kier molecular flexibility index (Phi) is 6.36. The minimum Gasteiger partial charge on any atom is -0.349 e. The zero-order valence-corrected chi connectivity index (χ0v) is 19.7. The summed E-state index contributed by atoms with van der Waals surface area (Å²) >= 11 is 1.51. The Balaban J connectivity index is 1.38. The Labute approximate surface area is 191 Å². The van der Waals surface area contributed by atoms with Gasteiger partial charge in [-0.15, -0.1) is 0 Å². The Morgan fingerprint density at radius 2 is 1.81 bits per heavy atom. The van der Waals surface area contributed by atoms with E-state index in [4.69, 9.17) is 0 Å². The monoisotopic (exact) mass is 452 g/mol. The number of likely N-dealkylation sites (tertiary alicyclic amines) is 1. The fraction of sp³-hybridized carbons (Fsp3) is 0.435. The van der Waals surface area contributed by atoms with Gasteiger partial charge in [-0.25, -0.2) is 14.6 Å². The van der Waals surface area contributed by atoms with Crippen molar-refractivity contribution in [1.82, 2.24) is 30.0 Å². The fourth-order valence-electron chi connectivity index (χ4n) is 4.13. The molecule has 4 rings (SSSR count). The number of carbonyl (C=O) groups is 2. The van der Waals surface area contributed by atoms with Gasteiger partial charge in [0, 0.05) is 52.7 Å². The molecule has 0 saturated carbocycles. The maximum absolute atomic E-state index is 13.0. The topological polar surface area (TPSA) is 93.0 Å². The van der Waals surface area contributed by atoms with E-state index in [0.717, 1.165) is 41.2 Å². The van der Waals surface area contributed by atoms with Crippen LogP contribution in [0.5, 0.6) is 0 Å². The first-order valence-corrected chi connectivity index (χ1v) is 11.7. The first-order valence-electron chi connectivity index (χ1n) is 10.8. The third-order valence-corrected chi connectivity index (χ3v) is 6.58. The van der Waals surface area contributed by atoms with Gasteiger partial charge in [0.25, 0.3) is 11.9 Å². The number of thiophene rings is 1. The second kappa shape index (κ2) is 9.20. The first-order chi connectivity index (χ1) is 15.3. The molecule has 3 aromatic rings. The minimum atomic E-state index is -0.0386. The number of nitrogens with zero attached hydrogens (tertiary/aromatic N) is 5. The van der Waals surface area contributed by atoms with E-state index in [-0.39, 0.29) is 17.9 Å². The van der Waals surface area contributed by atoms with Crippen LogP contribution in [0.25, 0.3) is 5.95 Å². The van der Waals surface area contributed by atoms with Gasteiger partial charge in [-0.1, -0.05) is 0 Å². The van der Waals surface area contributed by atoms with E-state index < -0.39 is 0 Å². The van der Waals surface area contributed by atoms with Crippen molar-refractivity contribution >= 4 is 23.2 Å². The predicted molar refractivity (Wildman–Crippen MR) is 123 cm³/mol. The molecule has 1 aliphatic rings. The lowest BCUT2D eigenvalue weighted by Crippen LogP contribution is -2.47. The highest BCUT2D eigenvalue weighted by Gasteiger charge is 2.26. The van der Waals surface area contributed by atoms with Gasteiger partial charge in [0.2, 0.25) is 5.91 Å². The predicted octanol–water partition coefficient (Wildman–Crippen LogP) is 2.92. The molecule has 0 unspecified atom stereocenters. The second-order valence-electron chi connectivity index (χ2n) is 8.33. The van der Waals surface area contributed by atoms with Crippen LogP contribution in [0.15, 0.2) is 22.9 Å². The molecular weight excluding hydrogens is 424 g/mol. The van der Waals surface area contributed by atoms with E-state index in [9.17, 15) is 9.59 Å². The number of amides is 2. The highest BCUT2D eigenvalue weighted by Crippen LogP contribution is 2.20. The molecule has 9 heteroatoms. The van der Waals surface area contributed by atoms with Crippen molar-refractivity contribution in [1.29, 1.82) is 0 Å². The van der Waals surface area contributed by atoms with Gasteiger partial charge in [0.05, 0.1) is 12.1 Å². The van der Waals surface area contributed by atoms with Crippen LogP contribution in [-0.4, -0.2) is 55.6 Å². The summed E-state index contributed by atoms with van der Waals surface area (Å²) in [6, 6.07) is 3.85. The van der Waals surface area contributed by atoms with E-state index in [1.807, 2.05) is 55.5 Å². The van der Waals surface area contributed by atoms with Crippen LogP contribution in [0, 0.1) is 27.7 Å². The molecule has 0 bridgehead atoms. The Morgan fingerprint density at radius 3 is 2.44 bits per heavy atom. The van der Waals surface area contributed by atoms with E-state index in [1.165, 1.54) is 11.3 Å². The summed E-state index contributed by atoms with van der Waals surface area (Å²) in [5, 5.41) is 11.4. The fourth-order valence-corrected chi connectivity index (χ4v) is 4.76. The summed E-state index contributed by atoms with van der Waals surface area (Å²) in [6.45, 7) is 9.01. The van der Waals surface area contributed by atoms with Crippen LogP contribution in [0.2, 0.25) is 0 Å². The number of hydrogen-bond acceptors (Lipinski definition) is 6. The molecule has 1 fully saturated rings. The van der Waals surface area contributed by atoms with E-state index in [0.29, 0.717) is 31.0 Å². The van der Waals surface area contributed by atoms with Gasteiger partial charge in [0.15, 0.2) is 0 Å². The summed E-state index contributed by atoms with van der Waals surface area (Å²) in [6.07, 6.45) is 1.82. The van der Waals surface area contributed by atoms with Gasteiger partial charge >= 0.3 is 0 Å². The molecule has 0 radical (unpaired) electrons. The SMILES string of the molecule is Cc1cc(C)nc(-n2nc(C)c(CC(=O)N3CCC(NC(=O)c4ccsc4)CC3)c2C)n1. The summed E-state index contributed by atoms with van der Waals surface area (Å²) in [7, 11) is 0. The zero-order chi connectivity index (χ0) is 22.8. The second-order valence-corrected chi connectivity index (χ2v) is 9.11. The van der Waals surface area contributed by atoms with Gasteiger partial charge < -0.3 is 10.2 Å². The molecule has 0 spiro atoms. The third kappa shape index (κ3) is 4.72. The van der Waals surface area contributed by atoms with E-state index >= 15 is 0 Å². The smallest absolute Gasteiger partial charge is 0.252 e. The molecule has 8 nitrogen and oxygen atoms in total. The van der Waals surface area contributed by atoms with Gasteiger partial charge in [-0.2, -0.15) is 16.4 Å². The first kappa shape index (κ1) is 22.1. The normalized spacial score (nSPS) is 14.6. The number of hydrogen-bond donors (Lipinski definition) is 1. The maximum atomic E-state index is 13.0. The quantitative estimate of drug-likeness (QED) is 0.643. The van der Waals surface area contributed by atoms with Crippen molar-refractivity contribution in [3.05, 3.63) is 56.8 Å². The molecular formula is C23H28N6O2S. The van der Waals surface area contributed by atoms with Crippen LogP contribution < -0.4 is 5.32 Å². The average molecular weight is 453 g/mol. The lowest BCUT2D eigenvalue weighted by atomic mass is 10.0. The number of nitrogens with one attached hydrogen (secondary N) is 1. The molecule has 4 heterocycles. The molecule has 0 aliphatic carbocycles. The summed E-state index contributed by atoms with van der Waals surface area (Å²) in [5.74, 6) is 0.576. The number of aryl methyl sites for hydroxylation is 3. The van der Waals surface area contributed by atoms with Crippen LogP contribution in [0.1, 0.15) is 51.5 Å². The highest BCUT2D eigenvalue weighted by atomic mass is 32.1. The Bertz CT molecular complexity index is 1110. The average Bonchev–Trinajstić information content (AvgIpc) is 3.38. The summed E-state index contributed by atoms with van der Waals surface area (Å²) in [4.78, 5) is 36.2. The highest BCUT2D eigenvalue weighted by molar-refractivity contribution is 7.08. The molecule has 1 N–H and O–H groups in total. The molecule has 32 heavy (non-hydrogen) atoms. The molecule has 0 atom stereocenters. The number of piperidine rings is 1. The van der Waals surface area contributed by atoms with Crippen molar-refractivity contribution < 1.29 is 9.59 Å². The standard InChI is InChI=1S/C23H28N6O2S/c1-14-11-15(2)25-23(24-14)29-17(4)20(16(3)27-29)12-21(30)28-8-5-19(6-9-28)26-22(31)18-7-10-32-13-18/h7,10-11,13,19H,5-6,8-9,12H2,1-4H3,(H,26,31). The van der Waals surface area contributed by atoms with Crippen molar-refractivity contribution in [2.24, 2.45) is 0 Å². The largest absolute Gasteiger partial charge is 0.349 e. The summed E-state index contributed by atoms with van der Waals surface area (Å²) in [5.41, 5.74) is 5.09. The number of aromatic nitrogens is 4. The van der Waals surface area contributed by atoms with Crippen molar-refractivity contribution in [3.8, 4) is 5.95 Å². The summed E-state index contributed by atoms with van der Waals surface area (Å²) < 4.78 is 1.73. The minimum absolute atomic E-state index is 0.0386. The lowest BCUT2D eigenvalue weighted by Gasteiger charge is -2.32. The van der Waals surface area contributed by atoms with E-state index in [2.05, 4.69) is 20.4 Å². The van der Waals surface area contributed by atoms with Crippen molar-refractivity contribution in [2.45, 2.75) is 53.0 Å². The maximum Gasteiger partial charge on any atom is 0.252 e. The molecule has 0 aromatic carbocycles. The van der Waals surface area contributed by atoms with Crippen LogP contribution in [-0.2, 0) is 11.2 Å². The Hall–Kier alpha value is -3.07. The lowest BCUT2D eigenvalue weighted by molar-refractivity contribution is -0.131. The number of carbonyl (C=O) groups excluding carboxylic acids is 2. The van der Waals surface area contributed by atoms with Gasteiger partial charge in [-0.3, -0.25) is 9.59 Å². The molecule has 1 saturated heterocycles. The molecule has 3 aromatic heterocycles. The van der Waals surface area contributed by atoms with Crippen LogP contribution in [0.3, 0.4) is 0 Å².